The van der Waals surface area contributed by atoms with E-state index >= 15 is 0 Å². The number of carbonyl (C=O) groups is 1. The van der Waals surface area contributed by atoms with Gasteiger partial charge in [0.05, 0.1) is 5.39 Å². The van der Waals surface area contributed by atoms with Crippen LogP contribution < -0.4 is 5.32 Å². The van der Waals surface area contributed by atoms with Crippen LogP contribution in [0.15, 0.2) is 36.7 Å². The number of carbonyl (C=O) groups excluding carboxylic acids is 1. The Morgan fingerprint density at radius 1 is 1.24 bits per heavy atom. The van der Waals surface area contributed by atoms with Crippen molar-refractivity contribution in [1.82, 2.24) is 14.9 Å². The molecule has 3 heterocycles. The molecule has 128 valence electrons. The average molecular weight is 352 g/mol. The molecule has 3 aromatic rings. The van der Waals surface area contributed by atoms with E-state index in [0.29, 0.717) is 19.5 Å². The quantitative estimate of drug-likeness (QED) is 0.760. The van der Waals surface area contributed by atoms with Crippen molar-refractivity contribution in [3.05, 3.63) is 52.7 Å². The molecule has 1 aliphatic rings. The molecule has 1 N–H and O–H groups in total. The fourth-order valence-corrected chi connectivity index (χ4v) is 4.10. The Morgan fingerprint density at radius 3 is 2.88 bits per heavy atom. The molecule has 0 unspecified atom stereocenters. The van der Waals surface area contributed by atoms with Crippen molar-refractivity contribution in [3.8, 4) is 0 Å². The molecule has 25 heavy (non-hydrogen) atoms. The molecule has 4 rings (SSSR count). The van der Waals surface area contributed by atoms with E-state index in [1.165, 1.54) is 16.0 Å². The first-order chi connectivity index (χ1) is 12.2. The van der Waals surface area contributed by atoms with Crippen LogP contribution in [0.4, 0.5) is 5.82 Å². The molecule has 0 radical (unpaired) electrons. The zero-order valence-corrected chi connectivity index (χ0v) is 15.0. The van der Waals surface area contributed by atoms with Gasteiger partial charge in [-0.05, 0) is 30.5 Å². The number of hydrogen-bond donors (Lipinski definition) is 1. The zero-order valence-electron chi connectivity index (χ0n) is 14.2. The van der Waals surface area contributed by atoms with Crippen LogP contribution in [0, 0.1) is 6.92 Å². The molecule has 1 aliphatic heterocycles. The fourth-order valence-electron chi connectivity index (χ4n) is 3.26. The van der Waals surface area contributed by atoms with Gasteiger partial charge in [0.2, 0.25) is 5.91 Å². The molecule has 1 amide bonds. The van der Waals surface area contributed by atoms with E-state index in [2.05, 4.69) is 40.4 Å². The Kier molecular flexibility index (Phi) is 4.36. The number of thiophene rings is 1. The van der Waals surface area contributed by atoms with Crippen molar-refractivity contribution in [1.29, 1.82) is 0 Å². The number of aryl methyl sites for hydroxylation is 1. The van der Waals surface area contributed by atoms with Crippen molar-refractivity contribution >= 4 is 33.3 Å². The highest BCUT2D eigenvalue weighted by atomic mass is 32.1. The lowest BCUT2D eigenvalue weighted by Gasteiger charge is -2.18. The van der Waals surface area contributed by atoms with Crippen LogP contribution in [0.25, 0.3) is 10.2 Å². The second-order valence-electron chi connectivity index (χ2n) is 6.34. The minimum absolute atomic E-state index is 0.258. The number of fused-ring (bicyclic) bond motifs is 1. The maximum Gasteiger partial charge on any atom is 0.222 e. The monoisotopic (exact) mass is 352 g/mol. The van der Waals surface area contributed by atoms with Gasteiger partial charge in [-0.2, -0.15) is 0 Å². The highest BCUT2D eigenvalue weighted by Crippen LogP contribution is 2.28. The predicted octanol–water partition coefficient (Wildman–Crippen LogP) is 3.73. The molecule has 1 aromatic carbocycles. The van der Waals surface area contributed by atoms with Gasteiger partial charge in [0.15, 0.2) is 0 Å². The summed E-state index contributed by atoms with van der Waals surface area (Å²) in [6.45, 7) is 4.31. The number of amides is 1. The molecule has 1 fully saturated rings. The number of nitrogens with one attached hydrogen (secondary N) is 1. The van der Waals surface area contributed by atoms with E-state index in [4.69, 9.17) is 0 Å². The van der Waals surface area contributed by atoms with E-state index in [-0.39, 0.29) is 5.91 Å². The van der Waals surface area contributed by atoms with Crippen LogP contribution in [0.2, 0.25) is 0 Å². The first kappa shape index (κ1) is 16.0. The van der Waals surface area contributed by atoms with Crippen LogP contribution >= 0.6 is 11.3 Å². The van der Waals surface area contributed by atoms with Crippen LogP contribution in [-0.4, -0.2) is 27.3 Å². The Bertz CT molecular complexity index is 921. The molecule has 0 atom stereocenters. The Morgan fingerprint density at radius 2 is 2.08 bits per heavy atom. The van der Waals surface area contributed by atoms with Crippen molar-refractivity contribution in [3.63, 3.8) is 0 Å². The lowest BCUT2D eigenvalue weighted by Crippen LogP contribution is -2.24. The largest absolute Gasteiger partial charge is 0.365 e. The van der Waals surface area contributed by atoms with Crippen LogP contribution in [0.3, 0.4) is 0 Å². The maximum atomic E-state index is 11.9. The summed E-state index contributed by atoms with van der Waals surface area (Å²) in [4.78, 5) is 24.8. The van der Waals surface area contributed by atoms with Crippen LogP contribution in [0.5, 0.6) is 0 Å². The van der Waals surface area contributed by atoms with Gasteiger partial charge in [0, 0.05) is 30.9 Å². The number of benzene rings is 1. The second kappa shape index (κ2) is 6.80. The average Bonchev–Trinajstić information content (AvgIpc) is 3.19. The fraction of sp³-hybridized carbons (Fsp3) is 0.316. The number of rotatable bonds is 5. The standard InChI is InChI=1S/C19H20N4OS/c1-13-9-16-18(21-12-22-19(16)25-13)20-10-14-5-2-3-6-15(14)11-23-8-4-7-17(23)24/h2-3,5-6,9,12H,4,7-8,10-11H2,1H3,(H,20,21,22). The topological polar surface area (TPSA) is 58.1 Å². The molecule has 0 saturated carbocycles. The summed E-state index contributed by atoms with van der Waals surface area (Å²) in [5.74, 6) is 1.12. The SMILES string of the molecule is Cc1cc2c(NCc3ccccc3CN3CCCC3=O)ncnc2s1. The summed E-state index contributed by atoms with van der Waals surface area (Å²) in [7, 11) is 0. The molecular weight excluding hydrogens is 332 g/mol. The van der Waals surface area contributed by atoms with Gasteiger partial charge in [0.25, 0.3) is 0 Å². The molecule has 0 aliphatic carbocycles. The Labute approximate surface area is 150 Å². The van der Waals surface area contributed by atoms with Crippen LogP contribution in [-0.2, 0) is 17.9 Å². The van der Waals surface area contributed by atoms with Gasteiger partial charge < -0.3 is 10.2 Å². The molecular formula is C19H20N4OS. The highest BCUT2D eigenvalue weighted by molar-refractivity contribution is 7.18. The van der Waals surface area contributed by atoms with E-state index < -0.39 is 0 Å². The minimum atomic E-state index is 0.258. The Hall–Kier alpha value is -2.47. The number of nitrogens with zero attached hydrogens (tertiary/aromatic N) is 3. The van der Waals surface area contributed by atoms with Gasteiger partial charge in [-0.1, -0.05) is 24.3 Å². The number of anilines is 1. The number of aromatic nitrogens is 2. The summed E-state index contributed by atoms with van der Waals surface area (Å²) in [5.41, 5.74) is 2.39. The normalized spacial score (nSPS) is 14.4. The third kappa shape index (κ3) is 3.35. The van der Waals surface area contributed by atoms with E-state index in [1.54, 1.807) is 17.7 Å². The Balaban J connectivity index is 1.53. The van der Waals surface area contributed by atoms with Crippen molar-refractivity contribution in [2.45, 2.75) is 32.9 Å². The molecule has 5 nitrogen and oxygen atoms in total. The smallest absolute Gasteiger partial charge is 0.222 e. The lowest BCUT2D eigenvalue weighted by atomic mass is 10.1. The first-order valence-electron chi connectivity index (χ1n) is 8.50. The van der Waals surface area contributed by atoms with Gasteiger partial charge >= 0.3 is 0 Å². The third-order valence-corrected chi connectivity index (χ3v) is 5.51. The van der Waals surface area contributed by atoms with Gasteiger partial charge in [-0.3, -0.25) is 4.79 Å². The van der Waals surface area contributed by atoms with Gasteiger partial charge in [0.1, 0.15) is 17.0 Å². The van der Waals surface area contributed by atoms with E-state index in [1.807, 2.05) is 17.0 Å². The molecule has 6 heteroatoms. The molecule has 2 aromatic heterocycles. The molecule has 1 saturated heterocycles. The summed E-state index contributed by atoms with van der Waals surface area (Å²) in [6.07, 6.45) is 3.25. The molecule has 0 bridgehead atoms. The third-order valence-electron chi connectivity index (χ3n) is 4.55. The van der Waals surface area contributed by atoms with Crippen molar-refractivity contribution in [2.75, 3.05) is 11.9 Å². The summed E-state index contributed by atoms with van der Waals surface area (Å²) in [6, 6.07) is 10.4. The molecule has 0 spiro atoms. The van der Waals surface area contributed by atoms with Crippen molar-refractivity contribution < 1.29 is 4.79 Å². The van der Waals surface area contributed by atoms with E-state index in [0.717, 1.165) is 29.0 Å². The lowest BCUT2D eigenvalue weighted by molar-refractivity contribution is -0.128. The van der Waals surface area contributed by atoms with Crippen molar-refractivity contribution in [2.24, 2.45) is 0 Å². The minimum Gasteiger partial charge on any atom is -0.365 e. The summed E-state index contributed by atoms with van der Waals surface area (Å²) in [5, 5.41) is 4.51. The van der Waals surface area contributed by atoms with E-state index in [9.17, 15) is 4.79 Å². The highest BCUT2D eigenvalue weighted by Gasteiger charge is 2.20. The maximum absolute atomic E-state index is 11.9. The number of likely N-dealkylation sites (tertiary alicyclic amines) is 1. The van der Waals surface area contributed by atoms with Gasteiger partial charge in [-0.25, -0.2) is 9.97 Å². The number of hydrogen-bond acceptors (Lipinski definition) is 5. The first-order valence-corrected chi connectivity index (χ1v) is 9.32. The predicted molar refractivity (Wildman–Crippen MR) is 101 cm³/mol. The second-order valence-corrected chi connectivity index (χ2v) is 7.57. The summed E-state index contributed by atoms with van der Waals surface area (Å²) < 4.78 is 0. The van der Waals surface area contributed by atoms with Gasteiger partial charge in [-0.15, -0.1) is 11.3 Å². The summed E-state index contributed by atoms with van der Waals surface area (Å²) >= 11 is 1.68. The van der Waals surface area contributed by atoms with Crippen LogP contribution in [0.1, 0.15) is 28.8 Å². The zero-order chi connectivity index (χ0) is 17.2.